The first-order chi connectivity index (χ1) is 17.6. The van der Waals surface area contributed by atoms with Crippen molar-refractivity contribution >= 4 is 39.9 Å². The first kappa shape index (κ1) is 24.0. The molecule has 4 aromatic rings. The van der Waals surface area contributed by atoms with Gasteiger partial charge in [-0.2, -0.15) is 0 Å². The van der Waals surface area contributed by atoms with E-state index in [-0.39, 0.29) is 12.6 Å². The Kier molecular flexibility index (Phi) is 7.30. The maximum Gasteiger partial charge on any atom is 0.188 e. The summed E-state index contributed by atoms with van der Waals surface area (Å²) in [6, 6.07) is 19.9. The fourth-order valence-electron chi connectivity index (χ4n) is 4.15. The number of benzene rings is 3. The average Bonchev–Trinajstić information content (AvgIpc) is 3.31. The van der Waals surface area contributed by atoms with Gasteiger partial charge in [-0.1, -0.05) is 47.5 Å². The van der Waals surface area contributed by atoms with Crippen molar-refractivity contribution in [1.29, 1.82) is 0 Å². The topological polar surface area (TPSA) is 88.9 Å². The molecule has 0 spiro atoms. The molecule has 1 aromatic heterocycles. The first-order valence-corrected chi connectivity index (χ1v) is 12.2. The molecular weight excluding hydrogens is 476 g/mol. The number of nitrogens with zero attached hydrogens (tertiary/aromatic N) is 3. The van der Waals surface area contributed by atoms with Crippen molar-refractivity contribution < 1.29 is 14.6 Å². The molecule has 1 aliphatic heterocycles. The fraction of sp³-hybridized carbons (Fsp3) is 0.250. The number of hydrogen-bond donors (Lipinski definition) is 2. The summed E-state index contributed by atoms with van der Waals surface area (Å²) < 4.78 is 11.6. The smallest absolute Gasteiger partial charge is 0.188 e. The standard InChI is InChI=1S/C28H27ClN4O3/c1-18-3-2-4-20(11-18)15-35-26-8-6-21(14-24(26)29)33-28-23-12-19(5-7-25(23)30-17-31-28)13-27-32-22(9-10-34)16-36-27/h2-8,11-12,14,17,22,34H,9-10,13,15-16H2,1H3,(H,30,31,33). The lowest BCUT2D eigenvalue weighted by Crippen LogP contribution is -2.08. The number of hydrogen-bond acceptors (Lipinski definition) is 7. The number of aryl methyl sites for hydroxylation is 1. The highest BCUT2D eigenvalue weighted by Gasteiger charge is 2.18. The van der Waals surface area contributed by atoms with E-state index in [0.29, 0.717) is 48.5 Å². The maximum absolute atomic E-state index is 9.13. The van der Waals surface area contributed by atoms with E-state index in [2.05, 4.69) is 39.3 Å². The largest absolute Gasteiger partial charge is 0.487 e. The number of fused-ring (bicyclic) bond motifs is 1. The van der Waals surface area contributed by atoms with Gasteiger partial charge < -0.3 is 19.9 Å². The van der Waals surface area contributed by atoms with Gasteiger partial charge in [0.05, 0.1) is 16.6 Å². The molecule has 0 amide bonds. The summed E-state index contributed by atoms with van der Waals surface area (Å²) in [6.45, 7) is 3.13. The Morgan fingerprint density at radius 2 is 2.00 bits per heavy atom. The number of rotatable bonds is 9. The van der Waals surface area contributed by atoms with E-state index in [0.717, 1.165) is 27.7 Å². The Labute approximate surface area is 214 Å². The van der Waals surface area contributed by atoms with Crippen LogP contribution in [0.1, 0.15) is 23.1 Å². The second kappa shape index (κ2) is 10.9. The lowest BCUT2D eigenvalue weighted by molar-refractivity contribution is 0.249. The van der Waals surface area contributed by atoms with E-state index in [1.165, 1.54) is 11.9 Å². The number of aromatic nitrogens is 2. The van der Waals surface area contributed by atoms with Crippen LogP contribution in [-0.4, -0.2) is 40.2 Å². The number of aliphatic hydroxyl groups excluding tert-OH is 1. The number of halogens is 1. The van der Waals surface area contributed by atoms with Crippen LogP contribution in [0.5, 0.6) is 5.75 Å². The molecule has 5 rings (SSSR count). The quantitative estimate of drug-likeness (QED) is 0.308. The van der Waals surface area contributed by atoms with Gasteiger partial charge in [0.15, 0.2) is 5.90 Å². The van der Waals surface area contributed by atoms with Crippen molar-refractivity contribution in [3.63, 3.8) is 0 Å². The van der Waals surface area contributed by atoms with Crippen molar-refractivity contribution in [3.05, 3.63) is 88.7 Å². The molecule has 3 aromatic carbocycles. The molecule has 0 fully saturated rings. The van der Waals surface area contributed by atoms with Gasteiger partial charge in [0.25, 0.3) is 0 Å². The minimum atomic E-state index is 0.0273. The molecule has 0 bridgehead atoms. The minimum absolute atomic E-state index is 0.0273. The average molecular weight is 503 g/mol. The van der Waals surface area contributed by atoms with E-state index in [4.69, 9.17) is 26.2 Å². The van der Waals surface area contributed by atoms with Crippen LogP contribution in [0.3, 0.4) is 0 Å². The summed E-state index contributed by atoms with van der Waals surface area (Å²) in [7, 11) is 0. The van der Waals surface area contributed by atoms with E-state index >= 15 is 0 Å². The Morgan fingerprint density at radius 1 is 1.08 bits per heavy atom. The zero-order valence-electron chi connectivity index (χ0n) is 19.9. The second-order valence-electron chi connectivity index (χ2n) is 8.80. The number of ether oxygens (including phenoxy) is 2. The lowest BCUT2D eigenvalue weighted by Gasteiger charge is -2.12. The molecule has 0 saturated carbocycles. The van der Waals surface area contributed by atoms with E-state index in [9.17, 15) is 0 Å². The highest BCUT2D eigenvalue weighted by Crippen LogP contribution is 2.31. The third-order valence-electron chi connectivity index (χ3n) is 5.96. The van der Waals surface area contributed by atoms with E-state index in [1.807, 2.05) is 48.5 Å². The van der Waals surface area contributed by atoms with Gasteiger partial charge in [-0.25, -0.2) is 15.0 Å². The zero-order valence-corrected chi connectivity index (χ0v) is 20.7. The van der Waals surface area contributed by atoms with Crippen LogP contribution in [0.4, 0.5) is 11.5 Å². The van der Waals surface area contributed by atoms with E-state index < -0.39 is 0 Å². The molecule has 2 heterocycles. The summed E-state index contributed by atoms with van der Waals surface area (Å²) in [6.07, 6.45) is 2.72. The molecule has 1 unspecified atom stereocenters. The van der Waals surface area contributed by atoms with Gasteiger partial charge in [-0.05, 0) is 54.8 Å². The van der Waals surface area contributed by atoms with Crippen LogP contribution in [0.25, 0.3) is 10.9 Å². The van der Waals surface area contributed by atoms with Gasteiger partial charge in [0, 0.05) is 24.1 Å². The van der Waals surface area contributed by atoms with Crippen molar-refractivity contribution in [2.75, 3.05) is 18.5 Å². The van der Waals surface area contributed by atoms with Crippen molar-refractivity contribution in [1.82, 2.24) is 9.97 Å². The summed E-state index contributed by atoms with van der Waals surface area (Å²) in [5.41, 5.74) is 4.95. The summed E-state index contributed by atoms with van der Waals surface area (Å²) in [4.78, 5) is 13.4. The predicted octanol–water partition coefficient (Wildman–Crippen LogP) is 5.64. The number of anilines is 2. The van der Waals surface area contributed by atoms with Gasteiger partial charge in [0.1, 0.15) is 31.1 Å². The van der Waals surface area contributed by atoms with Crippen LogP contribution in [0.15, 0.2) is 72.0 Å². The normalized spacial score (nSPS) is 15.0. The van der Waals surface area contributed by atoms with Crippen molar-refractivity contribution in [2.45, 2.75) is 32.4 Å². The van der Waals surface area contributed by atoms with E-state index in [1.54, 1.807) is 0 Å². The summed E-state index contributed by atoms with van der Waals surface area (Å²) in [5.74, 6) is 1.99. The molecule has 0 radical (unpaired) electrons. The Bertz CT molecular complexity index is 1410. The first-order valence-electron chi connectivity index (χ1n) is 11.9. The van der Waals surface area contributed by atoms with Crippen molar-refractivity contribution in [3.8, 4) is 5.75 Å². The molecule has 184 valence electrons. The molecular formula is C28H27ClN4O3. The Morgan fingerprint density at radius 3 is 2.83 bits per heavy atom. The molecule has 0 saturated heterocycles. The highest BCUT2D eigenvalue weighted by molar-refractivity contribution is 6.32. The van der Waals surface area contributed by atoms with Crippen LogP contribution >= 0.6 is 11.6 Å². The van der Waals surface area contributed by atoms with Gasteiger partial charge >= 0.3 is 0 Å². The summed E-state index contributed by atoms with van der Waals surface area (Å²) in [5, 5.41) is 13.9. The van der Waals surface area contributed by atoms with Crippen LogP contribution in [0.2, 0.25) is 5.02 Å². The minimum Gasteiger partial charge on any atom is -0.487 e. The Hall–Kier alpha value is -3.68. The molecule has 36 heavy (non-hydrogen) atoms. The third-order valence-corrected chi connectivity index (χ3v) is 6.25. The molecule has 8 heteroatoms. The molecule has 2 N–H and O–H groups in total. The zero-order chi connectivity index (χ0) is 24.9. The van der Waals surface area contributed by atoms with Crippen molar-refractivity contribution in [2.24, 2.45) is 4.99 Å². The highest BCUT2D eigenvalue weighted by atomic mass is 35.5. The SMILES string of the molecule is Cc1cccc(COc2ccc(Nc3ncnc4ccc(CC5=NC(CCO)CO5)cc34)cc2Cl)c1. The number of aliphatic imine (C=N–C) groups is 1. The van der Waals surface area contributed by atoms with Crippen LogP contribution < -0.4 is 10.1 Å². The predicted molar refractivity (Wildman–Crippen MR) is 142 cm³/mol. The Balaban J connectivity index is 1.31. The van der Waals surface area contributed by atoms with Gasteiger partial charge in [0.2, 0.25) is 0 Å². The summed E-state index contributed by atoms with van der Waals surface area (Å²) >= 11 is 6.53. The maximum atomic E-state index is 9.13. The molecule has 0 aliphatic carbocycles. The van der Waals surface area contributed by atoms with Gasteiger partial charge in [-0.15, -0.1) is 0 Å². The van der Waals surface area contributed by atoms with Crippen LogP contribution in [0, 0.1) is 6.92 Å². The molecule has 1 aliphatic rings. The fourth-order valence-corrected chi connectivity index (χ4v) is 4.38. The lowest BCUT2D eigenvalue weighted by atomic mass is 10.1. The third kappa shape index (κ3) is 5.75. The second-order valence-corrected chi connectivity index (χ2v) is 9.21. The van der Waals surface area contributed by atoms with Crippen LogP contribution in [-0.2, 0) is 17.8 Å². The monoisotopic (exact) mass is 502 g/mol. The van der Waals surface area contributed by atoms with Gasteiger partial charge in [-0.3, -0.25) is 0 Å². The number of nitrogens with one attached hydrogen (secondary N) is 1. The number of aliphatic hydroxyl groups is 1. The molecule has 1 atom stereocenters. The molecule has 7 nitrogen and oxygen atoms in total.